The van der Waals surface area contributed by atoms with Gasteiger partial charge in [0.2, 0.25) is 0 Å². The lowest BCUT2D eigenvalue weighted by Gasteiger charge is -2.42. The smallest absolute Gasteiger partial charge is 0.263 e. The monoisotopic (exact) mass is 343 g/mol. The molecule has 126 valence electrons. The van der Waals surface area contributed by atoms with Gasteiger partial charge in [-0.3, -0.25) is 4.79 Å². The van der Waals surface area contributed by atoms with Crippen molar-refractivity contribution in [2.75, 3.05) is 0 Å². The third kappa shape index (κ3) is 3.89. The molecule has 8 heteroatoms. The van der Waals surface area contributed by atoms with Crippen molar-refractivity contribution in [2.45, 2.75) is 36.6 Å². The first-order valence-corrected chi connectivity index (χ1v) is 7.34. The summed E-state index contributed by atoms with van der Waals surface area (Å²) in [5, 5.41) is 50.5. The first kappa shape index (κ1) is 17.9. The van der Waals surface area contributed by atoms with E-state index < -0.39 is 42.5 Å². The minimum atomic E-state index is -1.72. The highest BCUT2D eigenvalue weighted by atomic mass is 35.5. The summed E-state index contributed by atoms with van der Waals surface area (Å²) in [6.45, 7) is 0. The maximum absolute atomic E-state index is 12.0. The van der Waals surface area contributed by atoms with Gasteiger partial charge in [0.25, 0.3) is 5.91 Å². The number of aliphatic hydroxyl groups is 5. The lowest BCUT2D eigenvalue weighted by molar-refractivity contribution is -0.190. The van der Waals surface area contributed by atoms with Crippen LogP contribution in [0.3, 0.4) is 0 Å². The van der Waals surface area contributed by atoms with Crippen molar-refractivity contribution in [3.8, 4) is 0 Å². The number of nitrogens with one attached hydrogen (secondary N) is 1. The van der Waals surface area contributed by atoms with Gasteiger partial charge in [0, 0.05) is 0 Å². The minimum Gasteiger partial charge on any atom is -0.388 e. The third-order valence-electron chi connectivity index (χ3n) is 3.74. The SMILES string of the molecule is O=C(NC1[C@@H](O)[C@H](O)C(O)[C@H](O)[C@H]1O)/C(Cl)=C\c1ccccc1. The van der Waals surface area contributed by atoms with E-state index >= 15 is 0 Å². The minimum absolute atomic E-state index is 0.203. The molecule has 0 bridgehead atoms. The fraction of sp³-hybridized carbons (Fsp3) is 0.400. The normalized spacial score (nSPS) is 35.0. The standard InChI is InChI=1S/C15H18ClNO6/c16-8(6-7-4-2-1-3-5-7)15(23)17-9-10(18)12(20)14(22)13(21)11(9)19/h1-6,9-14,18-22H,(H,17,23)/b8-6+/t9?,10-,11+,12+,13-,14?. The Kier molecular flexibility index (Phi) is 5.74. The molecule has 1 aromatic rings. The van der Waals surface area contributed by atoms with Gasteiger partial charge in [0.15, 0.2) is 0 Å². The lowest BCUT2D eigenvalue weighted by atomic mass is 9.83. The van der Waals surface area contributed by atoms with Gasteiger partial charge in [-0.2, -0.15) is 0 Å². The van der Waals surface area contributed by atoms with Crippen molar-refractivity contribution in [1.82, 2.24) is 5.32 Å². The van der Waals surface area contributed by atoms with Crippen molar-refractivity contribution in [2.24, 2.45) is 0 Å². The van der Waals surface area contributed by atoms with Crippen molar-refractivity contribution >= 4 is 23.6 Å². The molecule has 1 aliphatic carbocycles. The molecular weight excluding hydrogens is 326 g/mol. The van der Waals surface area contributed by atoms with Crippen LogP contribution in [-0.4, -0.2) is 68.0 Å². The first-order chi connectivity index (χ1) is 10.8. The van der Waals surface area contributed by atoms with Crippen LogP contribution < -0.4 is 5.32 Å². The molecule has 0 heterocycles. The first-order valence-electron chi connectivity index (χ1n) is 6.96. The Morgan fingerprint density at radius 3 is 1.91 bits per heavy atom. The van der Waals surface area contributed by atoms with E-state index in [1.165, 1.54) is 6.08 Å². The topological polar surface area (TPSA) is 130 Å². The number of halogens is 1. The van der Waals surface area contributed by atoms with Crippen LogP contribution in [-0.2, 0) is 4.79 Å². The second-order valence-corrected chi connectivity index (χ2v) is 5.76. The van der Waals surface area contributed by atoms with Crippen LogP contribution in [0.25, 0.3) is 6.08 Å². The van der Waals surface area contributed by atoms with Crippen LogP contribution in [0.5, 0.6) is 0 Å². The summed E-state index contributed by atoms with van der Waals surface area (Å²) in [5.74, 6) is -0.797. The number of benzene rings is 1. The number of amides is 1. The van der Waals surface area contributed by atoms with Gasteiger partial charge in [-0.1, -0.05) is 41.9 Å². The fourth-order valence-corrected chi connectivity index (χ4v) is 2.57. The maximum Gasteiger partial charge on any atom is 0.263 e. The molecule has 1 saturated carbocycles. The molecule has 1 fully saturated rings. The van der Waals surface area contributed by atoms with Crippen molar-refractivity contribution in [3.63, 3.8) is 0 Å². The predicted molar refractivity (Wildman–Crippen MR) is 82.2 cm³/mol. The zero-order valence-corrected chi connectivity index (χ0v) is 12.7. The van der Waals surface area contributed by atoms with Gasteiger partial charge >= 0.3 is 0 Å². The average Bonchev–Trinajstić information content (AvgIpc) is 2.55. The van der Waals surface area contributed by atoms with E-state index in [4.69, 9.17) is 11.6 Å². The van der Waals surface area contributed by atoms with Gasteiger partial charge in [-0.25, -0.2) is 0 Å². The highest BCUT2D eigenvalue weighted by molar-refractivity contribution is 6.44. The van der Waals surface area contributed by atoms with E-state index in [1.807, 2.05) is 0 Å². The molecule has 6 atom stereocenters. The maximum atomic E-state index is 12.0. The number of carbonyl (C=O) groups excluding carboxylic acids is 1. The fourth-order valence-electron chi connectivity index (χ4n) is 2.39. The van der Waals surface area contributed by atoms with Crippen LogP contribution in [0.15, 0.2) is 35.4 Å². The largest absolute Gasteiger partial charge is 0.388 e. The van der Waals surface area contributed by atoms with Crippen LogP contribution in [0.2, 0.25) is 0 Å². The zero-order valence-electron chi connectivity index (χ0n) is 12.0. The van der Waals surface area contributed by atoms with Crippen molar-refractivity contribution < 1.29 is 30.3 Å². The van der Waals surface area contributed by atoms with E-state index in [2.05, 4.69) is 5.32 Å². The number of hydrogen-bond acceptors (Lipinski definition) is 6. The van der Waals surface area contributed by atoms with Gasteiger partial charge in [0.1, 0.15) is 35.6 Å². The molecule has 0 saturated heterocycles. The van der Waals surface area contributed by atoms with E-state index in [1.54, 1.807) is 30.3 Å². The quantitative estimate of drug-likeness (QED) is 0.373. The van der Waals surface area contributed by atoms with Crippen LogP contribution in [0.4, 0.5) is 0 Å². The highest BCUT2D eigenvalue weighted by Gasteiger charge is 2.48. The van der Waals surface area contributed by atoms with Crippen LogP contribution >= 0.6 is 11.6 Å². The summed E-state index contributed by atoms with van der Waals surface area (Å²) in [6, 6.07) is 7.39. The van der Waals surface area contributed by atoms with E-state index in [0.717, 1.165) is 0 Å². The second kappa shape index (κ2) is 7.39. The highest BCUT2D eigenvalue weighted by Crippen LogP contribution is 2.22. The Hall–Kier alpha value is -1.48. The van der Waals surface area contributed by atoms with Gasteiger partial charge < -0.3 is 30.8 Å². The van der Waals surface area contributed by atoms with Gasteiger partial charge in [-0.05, 0) is 11.6 Å². The van der Waals surface area contributed by atoms with Crippen molar-refractivity contribution in [1.29, 1.82) is 0 Å². The molecule has 0 aliphatic heterocycles. The van der Waals surface area contributed by atoms with Crippen molar-refractivity contribution in [3.05, 3.63) is 40.9 Å². The number of carbonyl (C=O) groups is 1. The Labute approximate surface area is 137 Å². The number of aliphatic hydroxyl groups excluding tert-OH is 5. The molecule has 23 heavy (non-hydrogen) atoms. The third-order valence-corrected chi connectivity index (χ3v) is 4.02. The molecule has 1 amide bonds. The van der Waals surface area contributed by atoms with Gasteiger partial charge in [-0.15, -0.1) is 0 Å². The molecule has 0 radical (unpaired) electrons. The number of rotatable bonds is 3. The summed E-state index contributed by atoms with van der Waals surface area (Å²) in [4.78, 5) is 12.0. The Bertz CT molecular complexity index is 565. The summed E-state index contributed by atoms with van der Waals surface area (Å²) < 4.78 is 0. The zero-order chi connectivity index (χ0) is 17.1. The van der Waals surface area contributed by atoms with E-state index in [9.17, 15) is 30.3 Å². The predicted octanol–water partition coefficient (Wildman–Crippen LogP) is -1.43. The van der Waals surface area contributed by atoms with Crippen LogP contribution in [0, 0.1) is 0 Å². The molecule has 0 aromatic heterocycles. The molecule has 7 nitrogen and oxygen atoms in total. The second-order valence-electron chi connectivity index (χ2n) is 5.36. The molecule has 1 aromatic carbocycles. The number of hydrogen-bond donors (Lipinski definition) is 6. The Morgan fingerprint density at radius 1 is 0.913 bits per heavy atom. The van der Waals surface area contributed by atoms with Crippen LogP contribution in [0.1, 0.15) is 5.56 Å². The Balaban J connectivity index is 2.11. The lowest BCUT2D eigenvalue weighted by Crippen LogP contribution is -2.68. The van der Waals surface area contributed by atoms with Gasteiger partial charge in [0.05, 0.1) is 6.04 Å². The molecule has 1 aliphatic rings. The Morgan fingerprint density at radius 2 is 1.39 bits per heavy atom. The molecular formula is C15H18ClNO6. The summed E-state index contributed by atoms with van der Waals surface area (Å²) >= 11 is 5.89. The summed E-state index contributed by atoms with van der Waals surface area (Å²) in [7, 11) is 0. The average molecular weight is 344 g/mol. The summed E-state index contributed by atoms with van der Waals surface area (Å²) in [6.07, 6.45) is -7.07. The molecule has 6 N–H and O–H groups in total. The molecule has 0 spiro atoms. The molecule has 2 rings (SSSR count). The van der Waals surface area contributed by atoms with E-state index in [0.29, 0.717) is 5.56 Å². The summed E-state index contributed by atoms with van der Waals surface area (Å²) in [5.41, 5.74) is 0.674. The van der Waals surface area contributed by atoms with E-state index in [-0.39, 0.29) is 5.03 Å². The molecule has 2 unspecified atom stereocenters.